The summed E-state index contributed by atoms with van der Waals surface area (Å²) in [6.07, 6.45) is 5.75. The summed E-state index contributed by atoms with van der Waals surface area (Å²) in [5, 5.41) is 9.41. The third kappa shape index (κ3) is 3.81. The van der Waals surface area contributed by atoms with Crippen LogP contribution in [0.2, 0.25) is 0 Å². The van der Waals surface area contributed by atoms with E-state index in [1.807, 2.05) is 33.2 Å². The topological polar surface area (TPSA) is 49.2 Å². The van der Waals surface area contributed by atoms with Crippen molar-refractivity contribution in [2.24, 2.45) is 0 Å². The van der Waals surface area contributed by atoms with Crippen molar-refractivity contribution in [2.45, 2.75) is 39.2 Å². The van der Waals surface area contributed by atoms with Gasteiger partial charge in [0, 0.05) is 19.5 Å². The minimum absolute atomic E-state index is 0.0522. The van der Waals surface area contributed by atoms with Crippen LogP contribution in [0.1, 0.15) is 44.1 Å². The fraction of sp³-hybridized carbons (Fsp3) is 0.571. The first-order valence-electron chi connectivity index (χ1n) is 6.38. The maximum Gasteiger partial charge on any atom is 0.131 e. The molecular formula is C14H23N3O. The number of allylic oxidation sites excluding steroid dienone is 1. The summed E-state index contributed by atoms with van der Waals surface area (Å²) in [6, 6.07) is 0. The van der Waals surface area contributed by atoms with Crippen LogP contribution in [0.5, 0.6) is 0 Å². The lowest BCUT2D eigenvalue weighted by molar-refractivity contribution is 0.276. The van der Waals surface area contributed by atoms with Crippen molar-refractivity contribution < 1.29 is 5.11 Å². The van der Waals surface area contributed by atoms with Gasteiger partial charge in [-0.3, -0.25) is 0 Å². The molecule has 0 spiro atoms. The molecule has 0 aliphatic carbocycles. The molecule has 1 rings (SSSR count). The Kier molecular flexibility index (Phi) is 5.78. The monoisotopic (exact) mass is 249 g/mol. The number of aliphatic hydroxyl groups is 1. The highest BCUT2D eigenvalue weighted by atomic mass is 16.3. The minimum Gasteiger partial charge on any atom is -0.390 e. The summed E-state index contributed by atoms with van der Waals surface area (Å²) in [5.74, 6) is 1.05. The molecule has 1 aromatic heterocycles. The van der Waals surface area contributed by atoms with Crippen LogP contribution in [-0.2, 0) is 6.61 Å². The third-order valence-electron chi connectivity index (χ3n) is 2.84. The first-order valence-corrected chi connectivity index (χ1v) is 6.38. The van der Waals surface area contributed by atoms with Gasteiger partial charge < -0.3 is 10.0 Å². The zero-order valence-electron chi connectivity index (χ0n) is 11.6. The van der Waals surface area contributed by atoms with Crippen molar-refractivity contribution >= 4 is 5.69 Å². The van der Waals surface area contributed by atoms with Gasteiger partial charge in [-0.25, -0.2) is 9.97 Å². The molecule has 0 radical (unpaired) electrons. The van der Waals surface area contributed by atoms with Crippen molar-refractivity contribution in [1.29, 1.82) is 0 Å². The number of hydrogen-bond acceptors (Lipinski definition) is 4. The molecule has 0 atom stereocenters. The van der Waals surface area contributed by atoms with Crippen LogP contribution >= 0.6 is 0 Å². The normalized spacial score (nSPS) is 10.7. The first-order chi connectivity index (χ1) is 8.60. The third-order valence-corrected chi connectivity index (χ3v) is 2.84. The maximum absolute atomic E-state index is 9.41. The quantitative estimate of drug-likeness (QED) is 0.596. The second-order valence-corrected chi connectivity index (χ2v) is 4.73. The predicted octanol–water partition coefficient (Wildman–Crippen LogP) is 2.49. The SMILES string of the molecule is C=CCCCN(C)c1cnc(C(C)C)nc1CO. The van der Waals surface area contributed by atoms with Crippen molar-refractivity contribution in [3.63, 3.8) is 0 Å². The van der Waals surface area contributed by atoms with E-state index in [9.17, 15) is 5.11 Å². The van der Waals surface area contributed by atoms with Crippen LogP contribution in [0.4, 0.5) is 5.69 Å². The molecular weight excluding hydrogens is 226 g/mol. The molecule has 18 heavy (non-hydrogen) atoms. The molecule has 0 amide bonds. The Morgan fingerprint density at radius 1 is 1.50 bits per heavy atom. The van der Waals surface area contributed by atoms with Gasteiger partial charge in [-0.05, 0) is 12.8 Å². The largest absolute Gasteiger partial charge is 0.390 e. The number of rotatable bonds is 7. The number of nitrogens with zero attached hydrogens (tertiary/aromatic N) is 3. The van der Waals surface area contributed by atoms with E-state index in [-0.39, 0.29) is 12.5 Å². The number of aromatic nitrogens is 2. The van der Waals surface area contributed by atoms with Gasteiger partial charge >= 0.3 is 0 Å². The zero-order valence-corrected chi connectivity index (χ0v) is 11.6. The Bertz CT molecular complexity index is 391. The summed E-state index contributed by atoms with van der Waals surface area (Å²) in [4.78, 5) is 10.9. The molecule has 1 aromatic rings. The summed E-state index contributed by atoms with van der Waals surface area (Å²) in [6.45, 7) is 8.66. The lowest BCUT2D eigenvalue weighted by Crippen LogP contribution is -2.21. The highest BCUT2D eigenvalue weighted by Crippen LogP contribution is 2.19. The molecule has 0 saturated heterocycles. The molecule has 4 heteroatoms. The molecule has 0 bridgehead atoms. The van der Waals surface area contributed by atoms with Crippen LogP contribution in [0, 0.1) is 0 Å². The van der Waals surface area contributed by atoms with Crippen molar-refractivity contribution in [2.75, 3.05) is 18.5 Å². The van der Waals surface area contributed by atoms with Crippen LogP contribution in [-0.4, -0.2) is 28.7 Å². The van der Waals surface area contributed by atoms with E-state index in [1.54, 1.807) is 0 Å². The fourth-order valence-corrected chi connectivity index (χ4v) is 1.73. The van der Waals surface area contributed by atoms with Crippen molar-refractivity contribution in [3.8, 4) is 0 Å². The zero-order chi connectivity index (χ0) is 13.5. The molecule has 0 aliphatic heterocycles. The maximum atomic E-state index is 9.41. The van der Waals surface area contributed by atoms with E-state index in [2.05, 4.69) is 21.4 Å². The average molecular weight is 249 g/mol. The standard InChI is InChI=1S/C14H23N3O/c1-5-6-7-8-17(4)13-9-15-14(11(2)3)16-12(13)10-18/h5,9,11,18H,1,6-8,10H2,2-4H3. The van der Waals surface area contributed by atoms with Gasteiger partial charge in [-0.15, -0.1) is 6.58 Å². The molecule has 1 N–H and O–H groups in total. The van der Waals surface area contributed by atoms with E-state index in [0.29, 0.717) is 5.69 Å². The van der Waals surface area contributed by atoms with Gasteiger partial charge in [0.25, 0.3) is 0 Å². The molecule has 100 valence electrons. The summed E-state index contributed by atoms with van der Waals surface area (Å²) < 4.78 is 0. The van der Waals surface area contributed by atoms with Crippen LogP contribution in [0.3, 0.4) is 0 Å². The molecule has 4 nitrogen and oxygen atoms in total. The number of unbranched alkanes of at least 4 members (excludes halogenated alkanes) is 1. The van der Waals surface area contributed by atoms with E-state index in [4.69, 9.17) is 0 Å². The summed E-state index contributed by atoms with van der Waals surface area (Å²) >= 11 is 0. The van der Waals surface area contributed by atoms with Gasteiger partial charge in [0.05, 0.1) is 24.2 Å². The van der Waals surface area contributed by atoms with Gasteiger partial charge in [-0.2, -0.15) is 0 Å². The predicted molar refractivity (Wildman–Crippen MR) is 74.7 cm³/mol. The van der Waals surface area contributed by atoms with Gasteiger partial charge in [0.15, 0.2) is 0 Å². The second kappa shape index (κ2) is 7.11. The van der Waals surface area contributed by atoms with Crippen molar-refractivity contribution in [1.82, 2.24) is 9.97 Å². The Morgan fingerprint density at radius 2 is 2.22 bits per heavy atom. The van der Waals surface area contributed by atoms with Crippen molar-refractivity contribution in [3.05, 3.63) is 30.4 Å². The highest BCUT2D eigenvalue weighted by molar-refractivity contribution is 5.48. The van der Waals surface area contributed by atoms with Crippen LogP contribution < -0.4 is 4.90 Å². The Balaban J connectivity index is 2.84. The summed E-state index contributed by atoms with van der Waals surface area (Å²) in [5.41, 5.74) is 1.61. The Hall–Kier alpha value is -1.42. The smallest absolute Gasteiger partial charge is 0.131 e. The molecule has 1 heterocycles. The van der Waals surface area contributed by atoms with Gasteiger partial charge in [0.2, 0.25) is 0 Å². The second-order valence-electron chi connectivity index (χ2n) is 4.73. The van der Waals surface area contributed by atoms with Crippen LogP contribution in [0.25, 0.3) is 0 Å². The fourth-order valence-electron chi connectivity index (χ4n) is 1.73. The van der Waals surface area contributed by atoms with E-state index in [0.717, 1.165) is 30.9 Å². The average Bonchev–Trinajstić information content (AvgIpc) is 2.38. The van der Waals surface area contributed by atoms with Crippen LogP contribution in [0.15, 0.2) is 18.9 Å². The van der Waals surface area contributed by atoms with Gasteiger partial charge in [-0.1, -0.05) is 19.9 Å². The Labute approximate surface area is 109 Å². The number of anilines is 1. The highest BCUT2D eigenvalue weighted by Gasteiger charge is 2.11. The van der Waals surface area contributed by atoms with E-state index < -0.39 is 0 Å². The molecule has 0 aromatic carbocycles. The number of hydrogen-bond donors (Lipinski definition) is 1. The molecule has 0 fully saturated rings. The number of aliphatic hydroxyl groups excluding tert-OH is 1. The molecule has 0 unspecified atom stereocenters. The lowest BCUT2D eigenvalue weighted by atomic mass is 10.2. The van der Waals surface area contributed by atoms with Gasteiger partial charge in [0.1, 0.15) is 5.82 Å². The molecule has 0 saturated carbocycles. The first kappa shape index (κ1) is 14.6. The molecule has 0 aliphatic rings. The minimum atomic E-state index is -0.0522. The Morgan fingerprint density at radius 3 is 2.78 bits per heavy atom. The summed E-state index contributed by atoms with van der Waals surface area (Å²) in [7, 11) is 2.00. The van der Waals surface area contributed by atoms with E-state index in [1.165, 1.54) is 0 Å². The van der Waals surface area contributed by atoms with E-state index >= 15 is 0 Å². The lowest BCUT2D eigenvalue weighted by Gasteiger charge is -2.21.